The maximum absolute atomic E-state index is 12.3. The molecule has 0 saturated carbocycles. The van der Waals surface area contributed by atoms with E-state index in [2.05, 4.69) is 22.4 Å². The third-order valence-corrected chi connectivity index (χ3v) is 3.88. The standard InChI is InChI=1S/C21H18N2O2/c24-15-18-8-6-17(7-9-18)13-23-21(25)20-11-19(12-22-14-20)10-16-4-2-1-3-5-16/h1-9,11-12,14-15H,10,13H2,(H,23,25). The molecule has 0 aliphatic rings. The SMILES string of the molecule is O=Cc1ccc(CNC(=O)c2cncc(Cc3ccccc3)c2)cc1. The fourth-order valence-electron chi connectivity index (χ4n) is 2.54. The molecule has 1 amide bonds. The summed E-state index contributed by atoms with van der Waals surface area (Å²) >= 11 is 0. The molecule has 4 heteroatoms. The number of carbonyl (C=O) groups is 2. The lowest BCUT2D eigenvalue weighted by Gasteiger charge is -2.07. The van der Waals surface area contributed by atoms with Crippen LogP contribution in [0.4, 0.5) is 0 Å². The highest BCUT2D eigenvalue weighted by molar-refractivity contribution is 5.94. The van der Waals surface area contributed by atoms with Crippen molar-refractivity contribution in [3.8, 4) is 0 Å². The number of hydrogen-bond acceptors (Lipinski definition) is 3. The van der Waals surface area contributed by atoms with Crippen LogP contribution in [0, 0.1) is 0 Å². The first-order valence-corrected chi connectivity index (χ1v) is 8.05. The number of aldehydes is 1. The molecule has 0 spiro atoms. The summed E-state index contributed by atoms with van der Waals surface area (Å²) in [7, 11) is 0. The second-order valence-corrected chi connectivity index (χ2v) is 5.79. The van der Waals surface area contributed by atoms with Gasteiger partial charge in [-0.2, -0.15) is 0 Å². The van der Waals surface area contributed by atoms with Gasteiger partial charge in [0.2, 0.25) is 0 Å². The number of nitrogens with zero attached hydrogens (tertiary/aromatic N) is 1. The van der Waals surface area contributed by atoms with E-state index in [1.165, 1.54) is 5.56 Å². The van der Waals surface area contributed by atoms with Crippen molar-refractivity contribution in [2.45, 2.75) is 13.0 Å². The van der Waals surface area contributed by atoms with Crippen LogP contribution in [0.5, 0.6) is 0 Å². The average molecular weight is 330 g/mol. The first kappa shape index (κ1) is 16.6. The molecule has 1 aromatic heterocycles. The predicted molar refractivity (Wildman–Crippen MR) is 96.5 cm³/mol. The zero-order valence-corrected chi connectivity index (χ0v) is 13.7. The van der Waals surface area contributed by atoms with E-state index >= 15 is 0 Å². The fourth-order valence-corrected chi connectivity index (χ4v) is 2.54. The van der Waals surface area contributed by atoms with Crippen molar-refractivity contribution < 1.29 is 9.59 Å². The van der Waals surface area contributed by atoms with Crippen molar-refractivity contribution in [1.29, 1.82) is 0 Å². The van der Waals surface area contributed by atoms with Crippen molar-refractivity contribution in [2.24, 2.45) is 0 Å². The van der Waals surface area contributed by atoms with Crippen molar-refractivity contribution in [3.63, 3.8) is 0 Å². The number of carbonyl (C=O) groups excluding carboxylic acids is 2. The summed E-state index contributed by atoms with van der Waals surface area (Å²) in [4.78, 5) is 27.2. The van der Waals surface area contributed by atoms with Gasteiger partial charge in [-0.1, -0.05) is 54.6 Å². The summed E-state index contributed by atoms with van der Waals surface area (Å²) < 4.78 is 0. The van der Waals surface area contributed by atoms with E-state index in [1.54, 1.807) is 24.5 Å². The molecule has 0 radical (unpaired) electrons. The van der Waals surface area contributed by atoms with E-state index in [0.717, 1.165) is 23.8 Å². The van der Waals surface area contributed by atoms with Crippen molar-refractivity contribution in [2.75, 3.05) is 0 Å². The highest BCUT2D eigenvalue weighted by atomic mass is 16.1. The predicted octanol–water partition coefficient (Wildman–Crippen LogP) is 3.41. The number of aromatic nitrogens is 1. The summed E-state index contributed by atoms with van der Waals surface area (Å²) in [5.74, 6) is -0.165. The van der Waals surface area contributed by atoms with E-state index in [9.17, 15) is 9.59 Å². The maximum atomic E-state index is 12.3. The van der Waals surface area contributed by atoms with Gasteiger partial charge in [0.1, 0.15) is 6.29 Å². The van der Waals surface area contributed by atoms with Gasteiger partial charge in [0.05, 0.1) is 5.56 Å². The van der Waals surface area contributed by atoms with Gasteiger partial charge in [0.15, 0.2) is 0 Å². The van der Waals surface area contributed by atoms with E-state index in [-0.39, 0.29) is 5.91 Å². The molecule has 124 valence electrons. The molecule has 3 rings (SSSR count). The Balaban J connectivity index is 1.63. The normalized spacial score (nSPS) is 10.2. The number of hydrogen-bond donors (Lipinski definition) is 1. The molecule has 25 heavy (non-hydrogen) atoms. The highest BCUT2D eigenvalue weighted by Gasteiger charge is 2.07. The summed E-state index contributed by atoms with van der Waals surface area (Å²) in [6.07, 6.45) is 4.88. The second-order valence-electron chi connectivity index (χ2n) is 5.79. The Bertz CT molecular complexity index is 859. The Morgan fingerprint density at radius 1 is 0.920 bits per heavy atom. The molecule has 0 fully saturated rings. The zero-order valence-electron chi connectivity index (χ0n) is 13.7. The number of pyridine rings is 1. The van der Waals surface area contributed by atoms with E-state index in [0.29, 0.717) is 17.7 Å². The largest absolute Gasteiger partial charge is 0.348 e. The van der Waals surface area contributed by atoms with Crippen LogP contribution in [0.2, 0.25) is 0 Å². The second kappa shape index (κ2) is 8.02. The van der Waals surface area contributed by atoms with Crippen LogP contribution in [0.1, 0.15) is 37.4 Å². The van der Waals surface area contributed by atoms with Crippen LogP contribution in [0.3, 0.4) is 0 Å². The number of amides is 1. The topological polar surface area (TPSA) is 59.1 Å². The molecule has 3 aromatic rings. The molecular formula is C21H18N2O2. The lowest BCUT2D eigenvalue weighted by atomic mass is 10.1. The monoisotopic (exact) mass is 330 g/mol. The van der Waals surface area contributed by atoms with Gasteiger partial charge < -0.3 is 5.32 Å². The van der Waals surface area contributed by atoms with Crippen molar-refractivity contribution >= 4 is 12.2 Å². The average Bonchev–Trinajstić information content (AvgIpc) is 2.67. The molecule has 0 aliphatic heterocycles. The Hall–Kier alpha value is -3.27. The molecule has 1 N–H and O–H groups in total. The molecule has 0 saturated heterocycles. The van der Waals surface area contributed by atoms with E-state index in [1.807, 2.05) is 36.4 Å². The highest BCUT2D eigenvalue weighted by Crippen LogP contribution is 2.10. The van der Waals surface area contributed by atoms with Crippen molar-refractivity contribution in [1.82, 2.24) is 10.3 Å². The first-order valence-electron chi connectivity index (χ1n) is 8.05. The van der Waals surface area contributed by atoms with Gasteiger partial charge in [0, 0.05) is 24.5 Å². The van der Waals surface area contributed by atoms with E-state index < -0.39 is 0 Å². The minimum absolute atomic E-state index is 0.165. The third-order valence-electron chi connectivity index (χ3n) is 3.88. The van der Waals surface area contributed by atoms with Gasteiger partial charge >= 0.3 is 0 Å². The van der Waals surface area contributed by atoms with Crippen molar-refractivity contribution in [3.05, 3.63) is 101 Å². The van der Waals surface area contributed by atoms with Crippen LogP contribution in [-0.2, 0) is 13.0 Å². The lowest BCUT2D eigenvalue weighted by molar-refractivity contribution is 0.0950. The summed E-state index contributed by atoms with van der Waals surface area (Å²) in [6, 6.07) is 19.1. The third kappa shape index (κ3) is 4.61. The van der Waals surface area contributed by atoms with Crippen LogP contribution in [0.15, 0.2) is 73.1 Å². The molecule has 1 heterocycles. The molecule has 4 nitrogen and oxygen atoms in total. The van der Waals surface area contributed by atoms with Gasteiger partial charge in [-0.3, -0.25) is 14.6 Å². The maximum Gasteiger partial charge on any atom is 0.253 e. The summed E-state index contributed by atoms with van der Waals surface area (Å²) in [5, 5.41) is 2.88. The molecule has 0 aliphatic carbocycles. The first-order chi connectivity index (χ1) is 12.2. The minimum atomic E-state index is -0.165. The van der Waals surface area contributed by atoms with Crippen LogP contribution >= 0.6 is 0 Å². The molecule has 0 atom stereocenters. The van der Waals surface area contributed by atoms with Gasteiger partial charge in [-0.25, -0.2) is 0 Å². The lowest BCUT2D eigenvalue weighted by Crippen LogP contribution is -2.23. The number of rotatable bonds is 6. The molecule has 0 unspecified atom stereocenters. The number of nitrogens with one attached hydrogen (secondary N) is 1. The Labute approximate surface area is 146 Å². The smallest absolute Gasteiger partial charge is 0.253 e. The Morgan fingerprint density at radius 3 is 2.40 bits per heavy atom. The Kier molecular flexibility index (Phi) is 5.32. The summed E-state index contributed by atoms with van der Waals surface area (Å²) in [5.41, 5.74) is 4.27. The van der Waals surface area contributed by atoms with Crippen LogP contribution in [-0.4, -0.2) is 17.2 Å². The fraction of sp³-hybridized carbons (Fsp3) is 0.0952. The quantitative estimate of drug-likeness (QED) is 0.705. The van der Waals surface area contributed by atoms with Gasteiger partial charge in [-0.05, 0) is 29.2 Å². The zero-order chi connectivity index (χ0) is 17.5. The van der Waals surface area contributed by atoms with Crippen LogP contribution < -0.4 is 5.32 Å². The molecule has 2 aromatic carbocycles. The Morgan fingerprint density at radius 2 is 1.68 bits per heavy atom. The van der Waals surface area contributed by atoms with E-state index in [4.69, 9.17) is 0 Å². The van der Waals surface area contributed by atoms with Crippen LogP contribution in [0.25, 0.3) is 0 Å². The van der Waals surface area contributed by atoms with Gasteiger partial charge in [0.25, 0.3) is 5.91 Å². The summed E-state index contributed by atoms with van der Waals surface area (Å²) in [6.45, 7) is 0.404. The van der Waals surface area contributed by atoms with Gasteiger partial charge in [-0.15, -0.1) is 0 Å². The molecule has 0 bridgehead atoms. The molecular weight excluding hydrogens is 312 g/mol. The number of benzene rings is 2. The minimum Gasteiger partial charge on any atom is -0.348 e.